The number of fused-ring (bicyclic) bond motifs is 1. The SMILES string of the molecule is CN1C(=O)[C@@H](N)COc2ccc(OCCC(C)(C)O)cc21.Cl. The van der Waals surface area contributed by atoms with Crippen molar-refractivity contribution in [1.29, 1.82) is 0 Å². The lowest BCUT2D eigenvalue weighted by Gasteiger charge is -2.20. The normalized spacial score (nSPS) is 18.0. The Bertz CT molecular complexity index is 531. The maximum Gasteiger partial charge on any atom is 0.247 e. The number of aliphatic hydroxyl groups is 1. The Morgan fingerprint density at radius 2 is 2.18 bits per heavy atom. The zero-order chi connectivity index (χ0) is 15.6. The summed E-state index contributed by atoms with van der Waals surface area (Å²) in [6.07, 6.45) is 0.514. The van der Waals surface area contributed by atoms with E-state index in [1.54, 1.807) is 39.1 Å². The van der Waals surface area contributed by atoms with Gasteiger partial charge in [0.1, 0.15) is 24.1 Å². The van der Waals surface area contributed by atoms with Crippen LogP contribution in [0.25, 0.3) is 0 Å². The minimum atomic E-state index is -0.770. The van der Waals surface area contributed by atoms with Crippen LogP contribution in [0.1, 0.15) is 20.3 Å². The van der Waals surface area contributed by atoms with Crippen LogP contribution in [0, 0.1) is 0 Å². The smallest absolute Gasteiger partial charge is 0.247 e. The van der Waals surface area contributed by atoms with Crippen LogP contribution in [0.2, 0.25) is 0 Å². The molecule has 2 rings (SSSR count). The van der Waals surface area contributed by atoms with E-state index in [2.05, 4.69) is 0 Å². The Balaban J connectivity index is 0.00000242. The maximum atomic E-state index is 12.0. The van der Waals surface area contributed by atoms with E-state index in [1.165, 1.54) is 4.90 Å². The lowest BCUT2D eigenvalue weighted by atomic mass is 10.1. The Morgan fingerprint density at radius 1 is 1.50 bits per heavy atom. The maximum absolute atomic E-state index is 12.0. The average molecular weight is 331 g/mol. The molecule has 1 aliphatic rings. The lowest BCUT2D eigenvalue weighted by molar-refractivity contribution is -0.119. The molecule has 1 aliphatic heterocycles. The molecule has 0 fully saturated rings. The summed E-state index contributed by atoms with van der Waals surface area (Å²) in [6, 6.07) is 4.62. The van der Waals surface area contributed by atoms with Gasteiger partial charge < -0.3 is 25.2 Å². The first kappa shape index (κ1) is 18.5. The molecular formula is C15H23ClN2O4. The summed E-state index contributed by atoms with van der Waals surface area (Å²) in [4.78, 5) is 13.5. The molecule has 3 N–H and O–H groups in total. The van der Waals surface area contributed by atoms with E-state index in [-0.39, 0.29) is 24.9 Å². The number of hydrogen-bond donors (Lipinski definition) is 2. The second-order valence-electron chi connectivity index (χ2n) is 5.86. The Labute approximate surface area is 136 Å². The zero-order valence-corrected chi connectivity index (χ0v) is 13.9. The fourth-order valence-corrected chi connectivity index (χ4v) is 2.01. The summed E-state index contributed by atoms with van der Waals surface area (Å²) < 4.78 is 11.1. The summed E-state index contributed by atoms with van der Waals surface area (Å²) in [5.74, 6) is 1.03. The number of nitrogens with zero attached hydrogens (tertiary/aromatic N) is 1. The van der Waals surface area contributed by atoms with E-state index in [0.717, 1.165) is 0 Å². The summed E-state index contributed by atoms with van der Waals surface area (Å²) in [7, 11) is 1.66. The molecule has 1 aromatic rings. The highest BCUT2D eigenvalue weighted by Crippen LogP contribution is 2.34. The molecule has 1 atom stereocenters. The van der Waals surface area contributed by atoms with Crippen LogP contribution < -0.4 is 20.1 Å². The van der Waals surface area contributed by atoms with Crippen LogP contribution in [0.5, 0.6) is 11.5 Å². The van der Waals surface area contributed by atoms with Gasteiger partial charge >= 0.3 is 0 Å². The third-order valence-electron chi connectivity index (χ3n) is 3.34. The fourth-order valence-electron chi connectivity index (χ4n) is 2.01. The third-order valence-corrected chi connectivity index (χ3v) is 3.34. The van der Waals surface area contributed by atoms with Gasteiger partial charge in [-0.25, -0.2) is 0 Å². The molecular weight excluding hydrogens is 308 g/mol. The lowest BCUT2D eigenvalue weighted by Crippen LogP contribution is -2.43. The summed E-state index contributed by atoms with van der Waals surface area (Å²) in [5.41, 5.74) is 5.60. The van der Waals surface area contributed by atoms with Crippen LogP contribution >= 0.6 is 12.4 Å². The van der Waals surface area contributed by atoms with Gasteiger partial charge in [0.2, 0.25) is 5.91 Å². The molecule has 1 heterocycles. The van der Waals surface area contributed by atoms with E-state index in [1.807, 2.05) is 0 Å². The van der Waals surface area contributed by atoms with Gasteiger partial charge in [0.25, 0.3) is 0 Å². The van der Waals surface area contributed by atoms with Gasteiger partial charge in [-0.2, -0.15) is 0 Å². The van der Waals surface area contributed by atoms with E-state index in [0.29, 0.717) is 30.2 Å². The van der Waals surface area contributed by atoms with Gasteiger partial charge in [-0.1, -0.05) is 0 Å². The Morgan fingerprint density at radius 3 is 2.82 bits per heavy atom. The van der Waals surface area contributed by atoms with E-state index >= 15 is 0 Å². The van der Waals surface area contributed by atoms with Crippen molar-refractivity contribution in [3.8, 4) is 11.5 Å². The van der Waals surface area contributed by atoms with Crippen LogP contribution in [-0.2, 0) is 4.79 Å². The molecule has 0 radical (unpaired) electrons. The monoisotopic (exact) mass is 330 g/mol. The summed E-state index contributed by atoms with van der Waals surface area (Å²) in [5, 5.41) is 9.66. The predicted octanol–water partition coefficient (Wildman–Crippen LogP) is 1.33. The number of carbonyl (C=O) groups excluding carboxylic acids is 1. The van der Waals surface area contributed by atoms with Crippen molar-refractivity contribution in [2.75, 3.05) is 25.2 Å². The first-order chi connectivity index (χ1) is 9.78. The number of rotatable bonds is 4. The van der Waals surface area contributed by atoms with Gasteiger partial charge in [0.05, 0.1) is 17.9 Å². The van der Waals surface area contributed by atoms with Crippen LogP contribution in [-0.4, -0.2) is 42.9 Å². The number of anilines is 1. The zero-order valence-electron chi connectivity index (χ0n) is 13.0. The molecule has 0 spiro atoms. The predicted molar refractivity (Wildman–Crippen MR) is 87.0 cm³/mol. The highest BCUT2D eigenvalue weighted by molar-refractivity contribution is 5.98. The number of likely N-dealkylation sites (N-methyl/N-ethyl adjacent to an activating group) is 1. The number of hydrogen-bond acceptors (Lipinski definition) is 5. The largest absolute Gasteiger partial charge is 0.493 e. The fraction of sp³-hybridized carbons (Fsp3) is 0.533. The Kier molecular flexibility index (Phi) is 6.05. The van der Waals surface area contributed by atoms with Gasteiger partial charge in [-0.15, -0.1) is 12.4 Å². The first-order valence-electron chi connectivity index (χ1n) is 6.93. The molecule has 7 heteroatoms. The quantitative estimate of drug-likeness (QED) is 0.870. The molecule has 1 amide bonds. The molecule has 0 aliphatic carbocycles. The Hall–Kier alpha value is -1.50. The molecule has 0 saturated carbocycles. The van der Waals surface area contributed by atoms with Gasteiger partial charge in [-0.05, 0) is 26.0 Å². The molecule has 22 heavy (non-hydrogen) atoms. The van der Waals surface area contributed by atoms with Crippen molar-refractivity contribution in [2.45, 2.75) is 31.9 Å². The molecule has 124 valence electrons. The number of ether oxygens (including phenoxy) is 2. The van der Waals surface area contributed by atoms with Crippen molar-refractivity contribution >= 4 is 24.0 Å². The molecule has 0 unspecified atom stereocenters. The minimum absolute atomic E-state index is 0. The molecule has 0 bridgehead atoms. The van der Waals surface area contributed by atoms with Crippen molar-refractivity contribution < 1.29 is 19.4 Å². The van der Waals surface area contributed by atoms with E-state index in [4.69, 9.17) is 15.2 Å². The summed E-state index contributed by atoms with van der Waals surface area (Å²) >= 11 is 0. The molecule has 6 nitrogen and oxygen atoms in total. The van der Waals surface area contributed by atoms with Gasteiger partial charge in [-0.3, -0.25) is 4.79 Å². The third kappa shape index (κ3) is 4.50. The molecule has 0 saturated heterocycles. The number of nitrogens with two attached hydrogens (primary N) is 1. The van der Waals surface area contributed by atoms with E-state index in [9.17, 15) is 9.90 Å². The van der Waals surface area contributed by atoms with Gasteiger partial charge in [0, 0.05) is 19.5 Å². The van der Waals surface area contributed by atoms with Crippen LogP contribution in [0.3, 0.4) is 0 Å². The van der Waals surface area contributed by atoms with Crippen molar-refractivity contribution in [2.24, 2.45) is 5.73 Å². The minimum Gasteiger partial charge on any atom is -0.493 e. The van der Waals surface area contributed by atoms with Gasteiger partial charge in [0.15, 0.2) is 0 Å². The number of amides is 1. The van der Waals surface area contributed by atoms with Crippen LogP contribution in [0.4, 0.5) is 5.69 Å². The first-order valence-corrected chi connectivity index (χ1v) is 6.93. The highest BCUT2D eigenvalue weighted by atomic mass is 35.5. The number of benzene rings is 1. The van der Waals surface area contributed by atoms with Crippen molar-refractivity contribution in [1.82, 2.24) is 0 Å². The second kappa shape index (κ2) is 7.17. The van der Waals surface area contributed by atoms with Crippen LogP contribution in [0.15, 0.2) is 18.2 Å². The molecule has 0 aromatic heterocycles. The standard InChI is InChI=1S/C15H22N2O4.ClH/c1-15(2,19)6-7-20-10-4-5-13-12(8-10)17(3)14(18)11(16)9-21-13;/h4-5,8,11,19H,6-7,9,16H2,1-3H3;1H/t11-;/m0./s1. The number of carbonyl (C=O) groups is 1. The topological polar surface area (TPSA) is 85.0 Å². The van der Waals surface area contributed by atoms with Crippen molar-refractivity contribution in [3.05, 3.63) is 18.2 Å². The van der Waals surface area contributed by atoms with E-state index < -0.39 is 11.6 Å². The second-order valence-corrected chi connectivity index (χ2v) is 5.86. The summed E-state index contributed by atoms with van der Waals surface area (Å²) in [6.45, 7) is 4.01. The average Bonchev–Trinajstić information content (AvgIpc) is 2.51. The number of halogens is 1. The molecule has 1 aromatic carbocycles. The van der Waals surface area contributed by atoms with Crippen molar-refractivity contribution in [3.63, 3.8) is 0 Å². The highest BCUT2D eigenvalue weighted by Gasteiger charge is 2.26.